The molecule has 1 heterocycles. The van der Waals surface area contributed by atoms with E-state index in [4.69, 9.17) is 4.74 Å². The number of oxime groups is 1. The number of rotatable bonds is 7. The first kappa shape index (κ1) is 19.6. The van der Waals surface area contributed by atoms with Gasteiger partial charge in [0.1, 0.15) is 18.1 Å². The number of carbonyl (C=O) groups excluding carboxylic acids is 1. The molecule has 1 N–H and O–H groups in total. The zero-order chi connectivity index (χ0) is 19.9. The maximum atomic E-state index is 12.9. The van der Waals surface area contributed by atoms with Crippen LogP contribution >= 0.6 is 11.8 Å². The van der Waals surface area contributed by atoms with Gasteiger partial charge >= 0.3 is 0 Å². The summed E-state index contributed by atoms with van der Waals surface area (Å²) in [5, 5.41) is 13.1. The summed E-state index contributed by atoms with van der Waals surface area (Å²) in [4.78, 5) is 21.2. The quantitative estimate of drug-likeness (QED) is 0.162. The fourth-order valence-corrected chi connectivity index (χ4v) is 2.91. The second-order valence-electron chi connectivity index (χ2n) is 5.96. The zero-order valence-corrected chi connectivity index (χ0v) is 16.3. The van der Waals surface area contributed by atoms with Crippen LogP contribution in [0.2, 0.25) is 0 Å². The van der Waals surface area contributed by atoms with Gasteiger partial charge in [-0.05, 0) is 36.4 Å². The molecule has 142 valence electrons. The molecule has 0 fully saturated rings. The van der Waals surface area contributed by atoms with Crippen molar-refractivity contribution in [2.75, 3.05) is 6.26 Å². The Morgan fingerprint density at radius 1 is 1.18 bits per heavy atom. The smallest absolute Gasteiger partial charge is 0.217 e. The highest BCUT2D eigenvalue weighted by Gasteiger charge is 2.20. The van der Waals surface area contributed by atoms with Crippen molar-refractivity contribution in [2.45, 2.75) is 18.7 Å². The minimum absolute atomic E-state index is 0.143. The minimum atomic E-state index is -0.446. The normalized spacial score (nSPS) is 11.3. The standard InChI is InChI=1S/C21H19N3O3S/c1-14-8-9-16(12-18(14)27-13-15-6-4-3-5-7-15)20(25)19(24-26)17-10-11-22-21(23-17)28-2/h3-12,26H,13H2,1-2H3/b24-19+. The van der Waals surface area contributed by atoms with Crippen LogP contribution < -0.4 is 4.74 Å². The molecule has 0 saturated carbocycles. The summed E-state index contributed by atoms with van der Waals surface area (Å²) >= 11 is 1.34. The SMILES string of the molecule is CSc1nccc(/C(=N\O)C(=O)c2ccc(C)c(OCc3ccccc3)c2)n1. The largest absolute Gasteiger partial charge is 0.489 e. The fraction of sp³-hybridized carbons (Fsp3) is 0.143. The van der Waals surface area contributed by atoms with Crippen molar-refractivity contribution < 1.29 is 14.7 Å². The van der Waals surface area contributed by atoms with Gasteiger partial charge in [-0.15, -0.1) is 0 Å². The van der Waals surface area contributed by atoms with Gasteiger partial charge < -0.3 is 9.94 Å². The number of hydrogen-bond acceptors (Lipinski definition) is 7. The van der Waals surface area contributed by atoms with Gasteiger partial charge in [-0.2, -0.15) is 0 Å². The molecular weight excluding hydrogens is 374 g/mol. The molecule has 0 saturated heterocycles. The fourth-order valence-electron chi connectivity index (χ4n) is 2.55. The predicted octanol–water partition coefficient (Wildman–Crippen LogP) is 4.15. The van der Waals surface area contributed by atoms with Crippen LogP contribution in [0.1, 0.15) is 27.2 Å². The van der Waals surface area contributed by atoms with E-state index in [1.54, 1.807) is 18.2 Å². The van der Waals surface area contributed by atoms with Crippen LogP contribution in [0.4, 0.5) is 0 Å². The molecule has 0 atom stereocenters. The van der Waals surface area contributed by atoms with Gasteiger partial charge in [-0.1, -0.05) is 59.4 Å². The van der Waals surface area contributed by atoms with E-state index in [0.29, 0.717) is 23.1 Å². The van der Waals surface area contributed by atoms with E-state index in [9.17, 15) is 10.0 Å². The number of aryl methyl sites for hydroxylation is 1. The molecular formula is C21H19N3O3S. The van der Waals surface area contributed by atoms with E-state index in [1.807, 2.05) is 43.5 Å². The highest BCUT2D eigenvalue weighted by Crippen LogP contribution is 2.22. The van der Waals surface area contributed by atoms with Crippen LogP contribution in [0.5, 0.6) is 5.75 Å². The molecule has 0 spiro atoms. The third kappa shape index (κ3) is 4.55. The van der Waals surface area contributed by atoms with E-state index in [0.717, 1.165) is 11.1 Å². The van der Waals surface area contributed by atoms with Gasteiger partial charge in [0.25, 0.3) is 0 Å². The molecule has 0 bridgehead atoms. The monoisotopic (exact) mass is 393 g/mol. The number of hydrogen-bond donors (Lipinski definition) is 1. The summed E-state index contributed by atoms with van der Waals surface area (Å²) in [5.41, 5.74) is 2.41. The second kappa shape index (κ2) is 9.14. The zero-order valence-electron chi connectivity index (χ0n) is 15.5. The Bertz CT molecular complexity index is 1010. The van der Waals surface area contributed by atoms with Crippen LogP contribution in [0.25, 0.3) is 0 Å². The van der Waals surface area contributed by atoms with E-state index in [1.165, 1.54) is 24.0 Å². The number of nitrogens with zero attached hydrogens (tertiary/aromatic N) is 3. The average molecular weight is 393 g/mol. The Morgan fingerprint density at radius 3 is 2.68 bits per heavy atom. The molecule has 2 aromatic carbocycles. The van der Waals surface area contributed by atoms with Gasteiger partial charge in [0.2, 0.25) is 5.78 Å². The summed E-state index contributed by atoms with van der Waals surface area (Å²) in [5.74, 6) is 0.150. The summed E-state index contributed by atoms with van der Waals surface area (Å²) < 4.78 is 5.89. The first-order valence-corrected chi connectivity index (χ1v) is 9.76. The van der Waals surface area contributed by atoms with Crippen molar-refractivity contribution in [1.29, 1.82) is 0 Å². The lowest BCUT2D eigenvalue weighted by Gasteiger charge is -2.11. The molecule has 0 unspecified atom stereocenters. The molecule has 0 amide bonds. The highest BCUT2D eigenvalue weighted by atomic mass is 32.2. The highest BCUT2D eigenvalue weighted by molar-refractivity contribution is 7.98. The Balaban J connectivity index is 1.84. The summed E-state index contributed by atoms with van der Waals surface area (Å²) in [6.45, 7) is 2.30. The third-order valence-electron chi connectivity index (χ3n) is 4.06. The van der Waals surface area contributed by atoms with Crippen LogP contribution in [-0.2, 0) is 6.61 Å². The number of benzene rings is 2. The number of ether oxygens (including phenoxy) is 1. The Morgan fingerprint density at radius 2 is 1.96 bits per heavy atom. The minimum Gasteiger partial charge on any atom is -0.489 e. The Labute approximate surface area is 167 Å². The molecule has 28 heavy (non-hydrogen) atoms. The molecule has 3 rings (SSSR count). The predicted molar refractivity (Wildman–Crippen MR) is 108 cm³/mol. The van der Waals surface area contributed by atoms with Crippen molar-refractivity contribution in [3.05, 3.63) is 83.2 Å². The Kier molecular flexibility index (Phi) is 6.39. The summed E-state index contributed by atoms with van der Waals surface area (Å²) in [6, 6.07) is 16.4. The third-order valence-corrected chi connectivity index (χ3v) is 4.62. The lowest BCUT2D eigenvalue weighted by Crippen LogP contribution is -2.18. The Hall–Kier alpha value is -3.19. The first-order chi connectivity index (χ1) is 13.6. The number of ketones is 1. The van der Waals surface area contributed by atoms with Crippen LogP contribution in [-0.4, -0.2) is 32.9 Å². The van der Waals surface area contributed by atoms with Gasteiger partial charge in [0.05, 0.1) is 0 Å². The maximum Gasteiger partial charge on any atom is 0.217 e. The number of thioether (sulfide) groups is 1. The van der Waals surface area contributed by atoms with E-state index >= 15 is 0 Å². The lowest BCUT2D eigenvalue weighted by atomic mass is 10.0. The van der Waals surface area contributed by atoms with Gasteiger partial charge in [-0.25, -0.2) is 9.97 Å². The van der Waals surface area contributed by atoms with Gasteiger partial charge in [0, 0.05) is 11.8 Å². The number of aromatic nitrogens is 2. The van der Waals surface area contributed by atoms with Crippen molar-refractivity contribution in [3.63, 3.8) is 0 Å². The molecule has 6 nitrogen and oxygen atoms in total. The van der Waals surface area contributed by atoms with E-state index in [-0.39, 0.29) is 11.4 Å². The lowest BCUT2D eigenvalue weighted by molar-refractivity contribution is 0.106. The molecule has 7 heteroatoms. The molecule has 0 aliphatic heterocycles. The molecule has 0 aliphatic carbocycles. The van der Waals surface area contributed by atoms with E-state index in [2.05, 4.69) is 15.1 Å². The van der Waals surface area contributed by atoms with Crippen molar-refractivity contribution in [3.8, 4) is 5.75 Å². The average Bonchev–Trinajstić information content (AvgIpc) is 2.74. The molecule has 0 aliphatic rings. The number of Topliss-reactive ketones (excluding diaryl/α,β-unsaturated/α-hetero) is 1. The van der Waals surface area contributed by atoms with Gasteiger partial charge in [0.15, 0.2) is 10.9 Å². The molecule has 1 aromatic heterocycles. The summed E-state index contributed by atoms with van der Waals surface area (Å²) in [6.07, 6.45) is 3.35. The maximum absolute atomic E-state index is 12.9. The van der Waals surface area contributed by atoms with Crippen molar-refractivity contribution >= 4 is 23.3 Å². The van der Waals surface area contributed by atoms with Crippen molar-refractivity contribution in [2.24, 2.45) is 5.16 Å². The van der Waals surface area contributed by atoms with Crippen LogP contribution in [0.15, 0.2) is 71.1 Å². The molecule has 0 radical (unpaired) electrons. The summed E-state index contributed by atoms with van der Waals surface area (Å²) in [7, 11) is 0. The van der Waals surface area contributed by atoms with Gasteiger partial charge in [-0.3, -0.25) is 4.79 Å². The topological polar surface area (TPSA) is 84.7 Å². The van der Waals surface area contributed by atoms with E-state index < -0.39 is 5.78 Å². The van der Waals surface area contributed by atoms with Crippen molar-refractivity contribution in [1.82, 2.24) is 9.97 Å². The van der Waals surface area contributed by atoms with Crippen LogP contribution in [0.3, 0.4) is 0 Å². The first-order valence-electron chi connectivity index (χ1n) is 8.54. The second-order valence-corrected chi connectivity index (χ2v) is 6.73. The van der Waals surface area contributed by atoms with Crippen LogP contribution in [0, 0.1) is 6.92 Å². The molecule has 3 aromatic rings. The number of carbonyl (C=O) groups is 1.